The topological polar surface area (TPSA) is 76.0 Å². The molecule has 1 heterocycles. The fraction of sp³-hybridized carbons (Fsp3) is 0.222. The molecule has 2 amide bonds. The van der Waals surface area contributed by atoms with Crippen molar-refractivity contribution in [2.75, 3.05) is 5.32 Å². The number of hydrogen-bond acceptors (Lipinski definition) is 3. The number of halogens is 3. The fourth-order valence-electron chi connectivity index (χ4n) is 3.65. The maximum absolute atomic E-state index is 13.3. The van der Waals surface area contributed by atoms with Crippen LogP contribution in [0.5, 0.6) is 0 Å². The Morgan fingerprint density at radius 3 is 2.47 bits per heavy atom. The number of aryl methyl sites for hydroxylation is 1. The molecule has 36 heavy (non-hydrogen) atoms. The van der Waals surface area contributed by atoms with E-state index in [1.165, 1.54) is 6.07 Å². The first-order chi connectivity index (χ1) is 17.0. The van der Waals surface area contributed by atoms with Gasteiger partial charge in [0.25, 0.3) is 5.91 Å². The van der Waals surface area contributed by atoms with Gasteiger partial charge in [0.15, 0.2) is 0 Å². The summed E-state index contributed by atoms with van der Waals surface area (Å²) in [5.74, 6) is -0.562. The summed E-state index contributed by atoms with van der Waals surface area (Å²) in [6, 6.07) is 14.4. The average molecular weight is 544 g/mol. The van der Waals surface area contributed by atoms with E-state index in [9.17, 15) is 9.59 Å². The van der Waals surface area contributed by atoms with Crippen LogP contribution in [-0.4, -0.2) is 21.6 Å². The first kappa shape index (κ1) is 26.0. The molecule has 0 fully saturated rings. The number of amides is 2. The van der Waals surface area contributed by atoms with E-state index in [0.29, 0.717) is 21.3 Å². The van der Waals surface area contributed by atoms with E-state index in [4.69, 9.17) is 34.8 Å². The van der Waals surface area contributed by atoms with Crippen LogP contribution in [0, 0.1) is 12.3 Å². The van der Waals surface area contributed by atoms with Gasteiger partial charge in [-0.25, -0.2) is 4.68 Å². The summed E-state index contributed by atoms with van der Waals surface area (Å²) in [5.41, 5.74) is 3.35. The number of carbonyl (C=O) groups excluding carboxylic acids is 2. The van der Waals surface area contributed by atoms with Crippen LogP contribution in [0.25, 0.3) is 16.6 Å². The van der Waals surface area contributed by atoms with Crippen LogP contribution in [0.3, 0.4) is 0 Å². The lowest BCUT2D eigenvalue weighted by atomic mass is 9.95. The molecule has 4 aromatic rings. The molecule has 0 saturated carbocycles. The molecule has 4 rings (SSSR count). The Hall–Kier alpha value is -3.06. The summed E-state index contributed by atoms with van der Waals surface area (Å²) in [7, 11) is 0. The Kier molecular flexibility index (Phi) is 7.32. The fourth-order valence-corrected chi connectivity index (χ4v) is 4.33. The van der Waals surface area contributed by atoms with E-state index in [2.05, 4.69) is 15.7 Å². The average Bonchev–Trinajstić information content (AvgIpc) is 3.25. The summed E-state index contributed by atoms with van der Waals surface area (Å²) in [6.07, 6.45) is 1.69. The summed E-state index contributed by atoms with van der Waals surface area (Å²) >= 11 is 19.2. The van der Waals surface area contributed by atoms with Crippen molar-refractivity contribution in [3.8, 4) is 5.69 Å². The second-order valence-electron chi connectivity index (χ2n) is 9.54. The molecule has 186 valence electrons. The quantitative estimate of drug-likeness (QED) is 0.279. The van der Waals surface area contributed by atoms with Gasteiger partial charge in [0.2, 0.25) is 5.91 Å². The zero-order chi connectivity index (χ0) is 26.2. The smallest absolute Gasteiger partial charge is 0.257 e. The third-order valence-electron chi connectivity index (χ3n) is 5.74. The number of anilines is 1. The molecule has 0 spiro atoms. The highest BCUT2D eigenvalue weighted by atomic mass is 35.5. The van der Waals surface area contributed by atoms with E-state index < -0.39 is 11.3 Å². The third kappa shape index (κ3) is 5.36. The van der Waals surface area contributed by atoms with Gasteiger partial charge >= 0.3 is 0 Å². The van der Waals surface area contributed by atoms with Crippen LogP contribution in [0.4, 0.5) is 5.69 Å². The van der Waals surface area contributed by atoms with Gasteiger partial charge in [-0.1, -0.05) is 67.7 Å². The molecule has 9 heteroatoms. The van der Waals surface area contributed by atoms with Crippen LogP contribution < -0.4 is 10.6 Å². The summed E-state index contributed by atoms with van der Waals surface area (Å²) in [4.78, 5) is 25.5. The lowest BCUT2D eigenvalue weighted by Crippen LogP contribution is -2.34. The van der Waals surface area contributed by atoms with Crippen LogP contribution in [0.2, 0.25) is 15.1 Å². The van der Waals surface area contributed by atoms with Crippen molar-refractivity contribution in [3.05, 3.63) is 86.5 Å². The molecule has 0 saturated heterocycles. The van der Waals surface area contributed by atoms with E-state index in [-0.39, 0.29) is 23.0 Å². The van der Waals surface area contributed by atoms with Crippen LogP contribution in [0.1, 0.15) is 42.3 Å². The predicted octanol–water partition coefficient (Wildman–Crippen LogP) is 7.21. The minimum atomic E-state index is -0.557. The molecule has 0 aliphatic heterocycles. The number of hydrogen-bond donors (Lipinski definition) is 2. The number of fused-ring (bicyclic) bond motifs is 1. The van der Waals surface area contributed by atoms with Gasteiger partial charge in [0.05, 0.1) is 33.7 Å². The van der Waals surface area contributed by atoms with E-state index >= 15 is 0 Å². The highest BCUT2D eigenvalue weighted by molar-refractivity contribution is 6.37. The van der Waals surface area contributed by atoms with Crippen LogP contribution >= 0.6 is 34.8 Å². The highest BCUT2D eigenvalue weighted by Gasteiger charge is 2.22. The highest BCUT2D eigenvalue weighted by Crippen LogP contribution is 2.30. The zero-order valence-corrected chi connectivity index (χ0v) is 22.5. The van der Waals surface area contributed by atoms with E-state index in [0.717, 1.165) is 22.2 Å². The van der Waals surface area contributed by atoms with Gasteiger partial charge in [-0.15, -0.1) is 0 Å². The van der Waals surface area contributed by atoms with Gasteiger partial charge in [0.1, 0.15) is 0 Å². The summed E-state index contributed by atoms with van der Waals surface area (Å²) in [5, 5.41) is 12.2. The van der Waals surface area contributed by atoms with Crippen molar-refractivity contribution >= 4 is 63.2 Å². The largest absolute Gasteiger partial charge is 0.352 e. The lowest BCUT2D eigenvalue weighted by molar-refractivity contribution is -0.128. The minimum Gasteiger partial charge on any atom is -0.352 e. The molecule has 0 bridgehead atoms. The molecule has 0 atom stereocenters. The van der Waals surface area contributed by atoms with E-state index in [1.807, 2.05) is 58.0 Å². The first-order valence-corrected chi connectivity index (χ1v) is 12.4. The number of carbonyl (C=O) groups is 2. The number of benzene rings is 3. The molecule has 6 nitrogen and oxygen atoms in total. The maximum atomic E-state index is 13.3. The molecule has 0 unspecified atom stereocenters. The Morgan fingerprint density at radius 2 is 1.78 bits per heavy atom. The van der Waals surface area contributed by atoms with Crippen molar-refractivity contribution in [2.45, 2.75) is 34.2 Å². The number of nitrogens with zero attached hydrogens (tertiary/aromatic N) is 2. The van der Waals surface area contributed by atoms with Gasteiger partial charge in [-0.3, -0.25) is 9.59 Å². The van der Waals surface area contributed by atoms with Crippen molar-refractivity contribution in [1.82, 2.24) is 15.1 Å². The minimum absolute atomic E-state index is 0.136. The molecular formula is C27H25Cl3N4O2. The molecular weight excluding hydrogens is 519 g/mol. The van der Waals surface area contributed by atoms with Gasteiger partial charge in [-0.05, 0) is 54.4 Å². The zero-order valence-electron chi connectivity index (χ0n) is 20.2. The molecule has 3 aromatic carbocycles. The number of nitrogens with one attached hydrogen (secondary N) is 2. The summed E-state index contributed by atoms with van der Waals surface area (Å²) < 4.78 is 1.76. The van der Waals surface area contributed by atoms with Gasteiger partial charge in [0, 0.05) is 27.4 Å². The molecule has 0 aliphatic rings. The maximum Gasteiger partial charge on any atom is 0.257 e. The van der Waals surface area contributed by atoms with Crippen molar-refractivity contribution in [3.63, 3.8) is 0 Å². The predicted molar refractivity (Wildman–Crippen MR) is 147 cm³/mol. The second kappa shape index (κ2) is 10.1. The van der Waals surface area contributed by atoms with Gasteiger partial charge in [-0.2, -0.15) is 5.10 Å². The Morgan fingerprint density at radius 1 is 1.03 bits per heavy atom. The monoisotopic (exact) mass is 542 g/mol. The Bertz CT molecular complexity index is 1490. The molecule has 0 aliphatic carbocycles. The van der Waals surface area contributed by atoms with E-state index in [1.54, 1.807) is 23.0 Å². The third-order valence-corrected chi connectivity index (χ3v) is 6.81. The normalized spacial score (nSPS) is 11.5. The molecule has 1 aromatic heterocycles. The van der Waals surface area contributed by atoms with Gasteiger partial charge < -0.3 is 10.6 Å². The van der Waals surface area contributed by atoms with Crippen molar-refractivity contribution in [2.24, 2.45) is 5.41 Å². The number of rotatable bonds is 5. The Labute approximate surface area is 224 Å². The molecule has 0 radical (unpaired) electrons. The first-order valence-electron chi connectivity index (χ1n) is 11.3. The number of aromatic nitrogens is 2. The molecule has 2 N–H and O–H groups in total. The summed E-state index contributed by atoms with van der Waals surface area (Å²) in [6.45, 7) is 7.54. The standard InChI is InChI=1S/C27H25Cl3N4O2/c1-15-8-9-18(12-21(15)29)34-23-7-5-6-22(20(23)14-32-34)33-25(35)19-11-17(28)10-16(24(19)30)13-31-26(36)27(2,3)4/h5-12,14H,13H2,1-4H3,(H,31,36)(H,33,35). The van der Waals surface area contributed by atoms with Crippen molar-refractivity contribution < 1.29 is 9.59 Å². The lowest BCUT2D eigenvalue weighted by Gasteiger charge is -2.18. The van der Waals surface area contributed by atoms with Crippen LogP contribution in [-0.2, 0) is 11.3 Å². The van der Waals surface area contributed by atoms with Crippen LogP contribution in [0.15, 0.2) is 54.7 Å². The SMILES string of the molecule is Cc1ccc(-n2ncc3c(NC(=O)c4cc(Cl)cc(CNC(=O)C(C)(C)C)c4Cl)cccc32)cc1Cl. The second-order valence-corrected chi connectivity index (χ2v) is 10.8. The Balaban J connectivity index is 1.63. The van der Waals surface area contributed by atoms with Crippen molar-refractivity contribution in [1.29, 1.82) is 0 Å².